The van der Waals surface area contributed by atoms with Gasteiger partial charge in [0.2, 0.25) is 10.0 Å². The zero-order chi connectivity index (χ0) is 16.2. The van der Waals surface area contributed by atoms with Gasteiger partial charge in [-0.1, -0.05) is 25.5 Å². The molecular weight excluding hydrogens is 324 g/mol. The molecule has 6 nitrogen and oxygen atoms in total. The highest BCUT2D eigenvalue weighted by Gasteiger charge is 2.16. The molecule has 0 aliphatic rings. The van der Waals surface area contributed by atoms with Crippen LogP contribution in [0.1, 0.15) is 34.4 Å². The molecule has 0 unspecified atom stereocenters. The predicted molar refractivity (Wildman–Crippen MR) is 83.5 cm³/mol. The van der Waals surface area contributed by atoms with Gasteiger partial charge < -0.3 is 5.11 Å². The molecule has 8 heteroatoms. The molecule has 2 N–H and O–H groups in total. The molecule has 2 rings (SSSR count). The minimum Gasteiger partial charge on any atom is -0.476 e. The van der Waals surface area contributed by atoms with E-state index in [-0.39, 0.29) is 17.1 Å². The van der Waals surface area contributed by atoms with E-state index in [1.807, 2.05) is 13.0 Å². The van der Waals surface area contributed by atoms with Crippen LogP contribution in [-0.2, 0) is 23.0 Å². The third-order valence-electron chi connectivity index (χ3n) is 2.93. The zero-order valence-electron chi connectivity index (χ0n) is 11.9. The van der Waals surface area contributed by atoms with Gasteiger partial charge in [0.1, 0.15) is 5.01 Å². The van der Waals surface area contributed by atoms with Crippen LogP contribution in [0.5, 0.6) is 0 Å². The van der Waals surface area contributed by atoms with Gasteiger partial charge in [0.05, 0.1) is 11.4 Å². The molecule has 0 saturated carbocycles. The number of thiazole rings is 1. The van der Waals surface area contributed by atoms with Crippen molar-refractivity contribution in [3.8, 4) is 0 Å². The third-order valence-corrected chi connectivity index (χ3v) is 5.18. The maximum atomic E-state index is 12.3. The molecule has 0 radical (unpaired) electrons. The average molecular weight is 340 g/mol. The molecule has 0 aliphatic heterocycles. The summed E-state index contributed by atoms with van der Waals surface area (Å²) in [5.74, 6) is -1.13. The number of sulfonamides is 1. The van der Waals surface area contributed by atoms with Crippen molar-refractivity contribution in [3.05, 3.63) is 45.9 Å². The van der Waals surface area contributed by atoms with Gasteiger partial charge in [0.25, 0.3) is 0 Å². The Morgan fingerprint density at radius 2 is 2.18 bits per heavy atom. The smallest absolute Gasteiger partial charge is 0.355 e. The van der Waals surface area contributed by atoms with Gasteiger partial charge in [-0.2, -0.15) is 0 Å². The number of carboxylic acid groups (broad SMARTS) is 1. The lowest BCUT2D eigenvalue weighted by molar-refractivity contribution is 0.0691. The number of aromatic nitrogens is 1. The molecule has 1 heterocycles. The van der Waals surface area contributed by atoms with Crippen molar-refractivity contribution in [3.63, 3.8) is 0 Å². The Bertz CT molecular complexity index is 769. The van der Waals surface area contributed by atoms with Crippen LogP contribution in [0.4, 0.5) is 0 Å². The molecule has 118 valence electrons. The van der Waals surface area contributed by atoms with E-state index in [9.17, 15) is 13.2 Å². The largest absolute Gasteiger partial charge is 0.476 e. The molecule has 0 amide bonds. The molecule has 0 spiro atoms. The Hall–Kier alpha value is -1.77. The summed E-state index contributed by atoms with van der Waals surface area (Å²) in [7, 11) is -3.64. The first-order chi connectivity index (χ1) is 10.4. The Morgan fingerprint density at radius 3 is 2.82 bits per heavy atom. The van der Waals surface area contributed by atoms with E-state index in [0.29, 0.717) is 5.01 Å². The van der Waals surface area contributed by atoms with Crippen LogP contribution < -0.4 is 4.72 Å². The lowest BCUT2D eigenvalue weighted by atomic mass is 10.1. The summed E-state index contributed by atoms with van der Waals surface area (Å²) in [6, 6.07) is 6.79. The Labute approximate surface area is 132 Å². The SMILES string of the molecule is CCCc1cccc(S(=O)(=O)NCc2nc(C(=O)O)cs2)c1. The maximum Gasteiger partial charge on any atom is 0.355 e. The van der Waals surface area contributed by atoms with E-state index < -0.39 is 16.0 Å². The van der Waals surface area contributed by atoms with E-state index in [2.05, 4.69) is 9.71 Å². The van der Waals surface area contributed by atoms with Crippen LogP contribution in [0.25, 0.3) is 0 Å². The van der Waals surface area contributed by atoms with Crippen molar-refractivity contribution >= 4 is 27.3 Å². The highest BCUT2D eigenvalue weighted by molar-refractivity contribution is 7.89. The second kappa shape index (κ2) is 6.99. The second-order valence-corrected chi connectivity index (χ2v) is 7.36. The number of carbonyl (C=O) groups is 1. The number of hydrogen-bond acceptors (Lipinski definition) is 5. The molecule has 0 atom stereocenters. The first-order valence-electron chi connectivity index (χ1n) is 6.68. The highest BCUT2D eigenvalue weighted by atomic mass is 32.2. The van der Waals surface area contributed by atoms with Crippen LogP contribution in [0.3, 0.4) is 0 Å². The van der Waals surface area contributed by atoms with Crippen LogP contribution in [0, 0.1) is 0 Å². The standard InChI is InChI=1S/C14H16N2O4S2/c1-2-4-10-5-3-6-11(7-10)22(19,20)15-8-13-16-12(9-21-13)14(17)18/h3,5-7,9,15H,2,4,8H2,1H3,(H,17,18). The van der Waals surface area contributed by atoms with Gasteiger partial charge in [-0.15, -0.1) is 11.3 Å². The van der Waals surface area contributed by atoms with Crippen LogP contribution in [0.15, 0.2) is 34.5 Å². The van der Waals surface area contributed by atoms with E-state index in [1.165, 1.54) is 11.4 Å². The van der Waals surface area contributed by atoms with Crippen molar-refractivity contribution < 1.29 is 18.3 Å². The van der Waals surface area contributed by atoms with Gasteiger partial charge in [-0.25, -0.2) is 22.9 Å². The van der Waals surface area contributed by atoms with Crippen molar-refractivity contribution in [2.45, 2.75) is 31.2 Å². The number of carboxylic acids is 1. The number of benzene rings is 1. The second-order valence-electron chi connectivity index (χ2n) is 4.65. The maximum absolute atomic E-state index is 12.3. The summed E-state index contributed by atoms with van der Waals surface area (Å²) in [6.07, 6.45) is 1.76. The molecule has 0 aliphatic carbocycles. The van der Waals surface area contributed by atoms with Crippen LogP contribution in [0.2, 0.25) is 0 Å². The first kappa shape index (κ1) is 16.6. The number of nitrogens with zero attached hydrogens (tertiary/aromatic N) is 1. The fraction of sp³-hybridized carbons (Fsp3) is 0.286. The average Bonchev–Trinajstić information content (AvgIpc) is 2.95. The summed E-state index contributed by atoms with van der Waals surface area (Å²) in [5.41, 5.74) is 0.886. The third kappa shape index (κ3) is 4.12. The van der Waals surface area contributed by atoms with Gasteiger partial charge in [-0.05, 0) is 24.1 Å². The Balaban J connectivity index is 2.10. The van der Waals surface area contributed by atoms with Gasteiger partial charge in [0, 0.05) is 5.38 Å². The van der Waals surface area contributed by atoms with Gasteiger partial charge >= 0.3 is 5.97 Å². The number of rotatable bonds is 7. The molecular formula is C14H16N2O4S2. The van der Waals surface area contributed by atoms with Crippen molar-refractivity contribution in [2.75, 3.05) is 0 Å². The Morgan fingerprint density at radius 1 is 1.41 bits per heavy atom. The normalized spacial score (nSPS) is 11.5. The molecule has 0 bridgehead atoms. The summed E-state index contributed by atoms with van der Waals surface area (Å²) in [4.78, 5) is 14.8. The molecule has 2 aromatic rings. The Kier molecular flexibility index (Phi) is 5.28. The summed E-state index contributed by atoms with van der Waals surface area (Å²) < 4.78 is 26.9. The first-order valence-corrected chi connectivity index (χ1v) is 9.05. The van der Waals surface area contributed by atoms with Crippen LogP contribution in [-0.4, -0.2) is 24.5 Å². The number of aromatic carboxylic acids is 1. The summed E-state index contributed by atoms with van der Waals surface area (Å²) >= 11 is 1.11. The highest BCUT2D eigenvalue weighted by Crippen LogP contribution is 2.15. The minimum absolute atomic E-state index is 0.0295. The quantitative estimate of drug-likeness (QED) is 0.806. The van der Waals surface area contributed by atoms with Gasteiger partial charge in [0.15, 0.2) is 5.69 Å². The molecule has 22 heavy (non-hydrogen) atoms. The van der Waals surface area contributed by atoms with E-state index in [0.717, 1.165) is 29.7 Å². The molecule has 0 saturated heterocycles. The van der Waals surface area contributed by atoms with Gasteiger partial charge in [-0.3, -0.25) is 0 Å². The number of aryl methyl sites for hydroxylation is 1. The van der Waals surface area contributed by atoms with Crippen molar-refractivity contribution in [1.82, 2.24) is 9.71 Å². The fourth-order valence-corrected chi connectivity index (χ4v) is 3.74. The predicted octanol–water partition coefficient (Wildman–Crippen LogP) is 2.27. The molecule has 1 aromatic carbocycles. The number of hydrogen-bond donors (Lipinski definition) is 2. The lowest BCUT2D eigenvalue weighted by Crippen LogP contribution is -2.23. The van der Waals surface area contributed by atoms with Crippen molar-refractivity contribution in [2.24, 2.45) is 0 Å². The molecule has 1 aromatic heterocycles. The van der Waals surface area contributed by atoms with E-state index in [1.54, 1.807) is 12.1 Å². The minimum atomic E-state index is -3.64. The topological polar surface area (TPSA) is 96.4 Å². The monoisotopic (exact) mass is 340 g/mol. The number of nitrogens with one attached hydrogen (secondary N) is 1. The summed E-state index contributed by atoms with van der Waals surface area (Å²) in [5, 5.41) is 10.6. The fourth-order valence-electron chi connectivity index (χ4n) is 1.89. The molecule has 0 fully saturated rings. The zero-order valence-corrected chi connectivity index (χ0v) is 13.6. The van der Waals surface area contributed by atoms with Crippen molar-refractivity contribution in [1.29, 1.82) is 0 Å². The van der Waals surface area contributed by atoms with E-state index in [4.69, 9.17) is 5.11 Å². The lowest BCUT2D eigenvalue weighted by Gasteiger charge is -2.07. The van der Waals surface area contributed by atoms with E-state index >= 15 is 0 Å². The summed E-state index contributed by atoms with van der Waals surface area (Å²) in [6.45, 7) is 2.00. The van der Waals surface area contributed by atoms with Crippen LogP contribution >= 0.6 is 11.3 Å².